The van der Waals surface area contributed by atoms with Gasteiger partial charge in [0.05, 0.1) is 19.3 Å². The van der Waals surface area contributed by atoms with Crippen LogP contribution in [0.2, 0.25) is 0 Å². The fourth-order valence-corrected chi connectivity index (χ4v) is 2.34. The van der Waals surface area contributed by atoms with Gasteiger partial charge >= 0.3 is 0 Å². The summed E-state index contributed by atoms with van der Waals surface area (Å²) in [6.45, 7) is 9.50. The Labute approximate surface area is 122 Å². The maximum absolute atomic E-state index is 5.74. The van der Waals surface area contributed by atoms with Gasteiger partial charge in [0, 0.05) is 19.5 Å². The summed E-state index contributed by atoms with van der Waals surface area (Å²) in [4.78, 5) is 8.70. The van der Waals surface area contributed by atoms with Crippen molar-refractivity contribution in [1.29, 1.82) is 0 Å². The van der Waals surface area contributed by atoms with Crippen LogP contribution in [0, 0.1) is 5.41 Å². The molecule has 0 amide bonds. The molecule has 5 nitrogen and oxygen atoms in total. The Balaban J connectivity index is 3.16. The summed E-state index contributed by atoms with van der Waals surface area (Å²) in [5.41, 5.74) is 0.771. The average molecular weight is 281 g/mol. The van der Waals surface area contributed by atoms with Gasteiger partial charge in [-0.1, -0.05) is 27.7 Å². The minimum atomic E-state index is -0.0522. The van der Waals surface area contributed by atoms with Crippen molar-refractivity contribution in [1.82, 2.24) is 15.3 Å². The lowest BCUT2D eigenvalue weighted by Crippen LogP contribution is -2.42. The van der Waals surface area contributed by atoms with Gasteiger partial charge in [-0.25, -0.2) is 4.98 Å². The van der Waals surface area contributed by atoms with Gasteiger partial charge < -0.3 is 14.8 Å². The van der Waals surface area contributed by atoms with Crippen LogP contribution in [0.4, 0.5) is 0 Å². The van der Waals surface area contributed by atoms with Crippen molar-refractivity contribution in [3.63, 3.8) is 0 Å². The monoisotopic (exact) mass is 281 g/mol. The van der Waals surface area contributed by atoms with Gasteiger partial charge in [0.25, 0.3) is 0 Å². The van der Waals surface area contributed by atoms with Crippen molar-refractivity contribution in [2.75, 3.05) is 20.8 Å². The molecule has 114 valence electrons. The van der Waals surface area contributed by atoms with Crippen molar-refractivity contribution in [2.24, 2.45) is 5.41 Å². The van der Waals surface area contributed by atoms with Crippen LogP contribution < -0.4 is 10.1 Å². The van der Waals surface area contributed by atoms with Crippen LogP contribution in [-0.4, -0.2) is 36.8 Å². The van der Waals surface area contributed by atoms with Gasteiger partial charge in [0.1, 0.15) is 5.69 Å². The summed E-state index contributed by atoms with van der Waals surface area (Å²) in [6.07, 6.45) is 4.34. The number of hydrogen-bond acceptors (Lipinski definition) is 5. The first-order valence-corrected chi connectivity index (χ1v) is 7.06. The zero-order valence-corrected chi connectivity index (χ0v) is 13.4. The topological polar surface area (TPSA) is 56.3 Å². The van der Waals surface area contributed by atoms with Crippen LogP contribution in [0.1, 0.15) is 45.9 Å². The molecule has 0 radical (unpaired) electrons. The van der Waals surface area contributed by atoms with E-state index in [9.17, 15) is 0 Å². The largest absolute Gasteiger partial charge is 0.480 e. The second-order valence-corrected chi connectivity index (χ2v) is 5.90. The molecule has 0 saturated heterocycles. The van der Waals surface area contributed by atoms with E-state index >= 15 is 0 Å². The summed E-state index contributed by atoms with van der Waals surface area (Å²) in [5, 5.41) is 3.51. The highest BCUT2D eigenvalue weighted by molar-refractivity contribution is 5.23. The van der Waals surface area contributed by atoms with Crippen LogP contribution >= 0.6 is 0 Å². The van der Waals surface area contributed by atoms with E-state index in [1.165, 1.54) is 0 Å². The molecule has 0 saturated carbocycles. The fraction of sp³-hybridized carbons (Fsp3) is 0.733. The number of nitrogens with zero attached hydrogens (tertiary/aromatic N) is 2. The van der Waals surface area contributed by atoms with Crippen LogP contribution in [0.25, 0.3) is 0 Å². The van der Waals surface area contributed by atoms with Gasteiger partial charge in [-0.15, -0.1) is 0 Å². The standard InChI is InChI=1S/C15H27N3O2/c1-7-8-16-11(13(19-5)15(2,3)4)12-14(20-6)18-10-9-17-12/h9-11,13,16H,7-8H2,1-6H3. The van der Waals surface area contributed by atoms with E-state index in [0.717, 1.165) is 18.7 Å². The van der Waals surface area contributed by atoms with Gasteiger partial charge in [-0.3, -0.25) is 4.98 Å². The second-order valence-electron chi connectivity index (χ2n) is 5.90. The summed E-state index contributed by atoms with van der Waals surface area (Å²) in [6, 6.07) is -0.0522. The number of nitrogens with one attached hydrogen (secondary N) is 1. The maximum atomic E-state index is 5.74. The molecule has 0 aromatic carbocycles. The normalized spacial score (nSPS) is 14.9. The fourth-order valence-electron chi connectivity index (χ4n) is 2.34. The first kappa shape index (κ1) is 16.9. The molecule has 0 aliphatic carbocycles. The van der Waals surface area contributed by atoms with Crippen molar-refractivity contribution in [3.8, 4) is 5.88 Å². The molecule has 5 heteroatoms. The summed E-state index contributed by atoms with van der Waals surface area (Å²) >= 11 is 0. The van der Waals surface area contributed by atoms with Gasteiger partial charge in [0.15, 0.2) is 0 Å². The number of hydrogen-bond donors (Lipinski definition) is 1. The van der Waals surface area contributed by atoms with E-state index in [1.807, 2.05) is 0 Å². The summed E-state index contributed by atoms with van der Waals surface area (Å²) < 4.78 is 11.1. The molecule has 20 heavy (non-hydrogen) atoms. The van der Waals surface area contributed by atoms with Gasteiger partial charge in [0.2, 0.25) is 5.88 Å². The van der Waals surface area contributed by atoms with Crippen LogP contribution in [0.3, 0.4) is 0 Å². The zero-order valence-electron chi connectivity index (χ0n) is 13.4. The minimum absolute atomic E-state index is 0.0251. The van der Waals surface area contributed by atoms with Crippen LogP contribution in [0.5, 0.6) is 5.88 Å². The van der Waals surface area contributed by atoms with Crippen molar-refractivity contribution in [2.45, 2.75) is 46.3 Å². The Morgan fingerprint density at radius 2 is 1.85 bits per heavy atom. The Kier molecular flexibility index (Phi) is 6.36. The van der Waals surface area contributed by atoms with Crippen LogP contribution in [-0.2, 0) is 4.74 Å². The molecule has 0 bridgehead atoms. The van der Waals surface area contributed by atoms with Crippen LogP contribution in [0.15, 0.2) is 12.4 Å². The molecular weight excluding hydrogens is 254 g/mol. The van der Waals surface area contributed by atoms with E-state index in [4.69, 9.17) is 9.47 Å². The number of methoxy groups -OCH3 is 2. The second kappa shape index (κ2) is 7.55. The number of rotatable bonds is 7. The third kappa shape index (κ3) is 4.15. The lowest BCUT2D eigenvalue weighted by molar-refractivity contribution is -0.0136. The molecule has 2 unspecified atom stereocenters. The maximum Gasteiger partial charge on any atom is 0.237 e. The summed E-state index contributed by atoms with van der Waals surface area (Å²) in [5.74, 6) is 0.549. The smallest absolute Gasteiger partial charge is 0.237 e. The molecule has 0 spiro atoms. The predicted octanol–water partition coefficient (Wildman–Crippen LogP) is 2.59. The molecule has 0 aliphatic heterocycles. The first-order chi connectivity index (χ1) is 9.45. The molecule has 1 rings (SSSR count). The van der Waals surface area contributed by atoms with Gasteiger partial charge in [-0.05, 0) is 18.4 Å². The molecule has 2 atom stereocenters. The van der Waals surface area contributed by atoms with E-state index < -0.39 is 0 Å². The third-order valence-electron chi connectivity index (χ3n) is 3.20. The van der Waals surface area contributed by atoms with Crippen molar-refractivity contribution < 1.29 is 9.47 Å². The van der Waals surface area contributed by atoms with Gasteiger partial charge in [-0.2, -0.15) is 0 Å². The lowest BCUT2D eigenvalue weighted by atomic mass is 9.83. The SMILES string of the molecule is CCCNC(c1nccnc1OC)C(OC)C(C)(C)C. The summed E-state index contributed by atoms with van der Waals surface area (Å²) in [7, 11) is 3.35. The Hall–Kier alpha value is -1.20. The van der Waals surface area contributed by atoms with E-state index in [0.29, 0.717) is 5.88 Å². The highest BCUT2D eigenvalue weighted by Gasteiger charge is 2.35. The Morgan fingerprint density at radius 3 is 2.35 bits per heavy atom. The lowest BCUT2D eigenvalue weighted by Gasteiger charge is -2.36. The Morgan fingerprint density at radius 1 is 1.20 bits per heavy atom. The number of ether oxygens (including phenoxy) is 2. The molecule has 1 N–H and O–H groups in total. The number of aromatic nitrogens is 2. The molecule has 1 aromatic rings. The molecule has 1 heterocycles. The zero-order chi connectivity index (χ0) is 15.2. The highest BCUT2D eigenvalue weighted by atomic mass is 16.5. The van der Waals surface area contributed by atoms with Crippen molar-refractivity contribution in [3.05, 3.63) is 18.1 Å². The average Bonchev–Trinajstić information content (AvgIpc) is 2.42. The molecular formula is C15H27N3O2. The third-order valence-corrected chi connectivity index (χ3v) is 3.20. The van der Waals surface area contributed by atoms with E-state index in [2.05, 4.69) is 43.0 Å². The molecule has 1 aromatic heterocycles. The Bertz CT molecular complexity index is 404. The van der Waals surface area contributed by atoms with Crippen molar-refractivity contribution >= 4 is 0 Å². The molecule has 0 aliphatic rings. The molecule has 0 fully saturated rings. The minimum Gasteiger partial charge on any atom is -0.480 e. The quantitative estimate of drug-likeness (QED) is 0.832. The van der Waals surface area contributed by atoms with E-state index in [-0.39, 0.29) is 17.6 Å². The van der Waals surface area contributed by atoms with E-state index in [1.54, 1.807) is 26.6 Å². The predicted molar refractivity (Wildman–Crippen MR) is 79.9 cm³/mol. The highest BCUT2D eigenvalue weighted by Crippen LogP contribution is 2.34. The first-order valence-electron chi connectivity index (χ1n) is 7.06.